The van der Waals surface area contributed by atoms with Crippen molar-refractivity contribution in [3.8, 4) is 0 Å². The predicted octanol–water partition coefficient (Wildman–Crippen LogP) is 2.71. The number of halogens is 1. The Morgan fingerprint density at radius 1 is 1.35 bits per heavy atom. The van der Waals surface area contributed by atoms with Crippen LogP contribution in [0.15, 0.2) is 24.3 Å². The van der Waals surface area contributed by atoms with Crippen molar-refractivity contribution in [2.45, 2.75) is 25.3 Å². The van der Waals surface area contributed by atoms with Crippen LogP contribution in [0, 0.1) is 0 Å². The van der Waals surface area contributed by atoms with Gasteiger partial charge in [-0.05, 0) is 31.0 Å². The van der Waals surface area contributed by atoms with Gasteiger partial charge in [0.25, 0.3) is 0 Å². The molecule has 0 saturated carbocycles. The number of piperidine rings is 1. The Labute approximate surface area is 108 Å². The number of ether oxygens (including phenoxy) is 1. The maximum atomic E-state index is 11.6. The van der Waals surface area contributed by atoms with Crippen LogP contribution in [-0.2, 0) is 4.74 Å². The van der Waals surface area contributed by atoms with E-state index in [1.165, 1.54) is 20.0 Å². The average molecular weight is 256 g/mol. The van der Waals surface area contributed by atoms with Crippen LogP contribution in [0.5, 0.6) is 0 Å². The van der Waals surface area contributed by atoms with E-state index < -0.39 is 0 Å². The van der Waals surface area contributed by atoms with Crippen molar-refractivity contribution in [1.29, 1.82) is 0 Å². The van der Waals surface area contributed by atoms with E-state index in [0.717, 1.165) is 18.5 Å². The number of hydrogen-bond donors (Lipinski definition) is 1. The summed E-state index contributed by atoms with van der Waals surface area (Å²) in [6.45, 7) is 1.03. The fraction of sp³-hybridized carbons (Fsp3) is 0.462. The van der Waals surface area contributed by atoms with Crippen molar-refractivity contribution in [2.75, 3.05) is 13.7 Å². The Kier molecular flexibility index (Phi) is 5.45. The van der Waals surface area contributed by atoms with Gasteiger partial charge in [-0.1, -0.05) is 24.6 Å². The van der Waals surface area contributed by atoms with Gasteiger partial charge in [-0.3, -0.25) is 0 Å². The largest absolute Gasteiger partial charge is 0.465 e. The highest BCUT2D eigenvalue weighted by atomic mass is 35.5. The van der Waals surface area contributed by atoms with E-state index in [-0.39, 0.29) is 18.4 Å². The van der Waals surface area contributed by atoms with Gasteiger partial charge in [-0.15, -0.1) is 12.4 Å². The lowest BCUT2D eigenvalue weighted by atomic mass is 9.94. The van der Waals surface area contributed by atoms with Gasteiger partial charge in [-0.25, -0.2) is 4.79 Å². The standard InChI is InChI=1S/C13H17NO2.ClH/c1-16-13(15)11-7-3-2-6-10(11)12-8-4-5-9-14-12;/h2-3,6-7,12,14H,4-5,8-9H2,1H3;1H/t12-;/m0./s1. The smallest absolute Gasteiger partial charge is 0.338 e. The Hall–Kier alpha value is -1.06. The van der Waals surface area contributed by atoms with Crippen LogP contribution in [-0.4, -0.2) is 19.6 Å². The van der Waals surface area contributed by atoms with Gasteiger partial charge in [0.05, 0.1) is 12.7 Å². The highest BCUT2D eigenvalue weighted by molar-refractivity contribution is 5.91. The maximum Gasteiger partial charge on any atom is 0.338 e. The molecule has 3 nitrogen and oxygen atoms in total. The molecule has 1 fully saturated rings. The summed E-state index contributed by atoms with van der Waals surface area (Å²) in [5.41, 5.74) is 1.75. The lowest BCUT2D eigenvalue weighted by molar-refractivity contribution is 0.0598. The van der Waals surface area contributed by atoms with E-state index >= 15 is 0 Å². The number of benzene rings is 1. The first-order chi connectivity index (χ1) is 7.83. The van der Waals surface area contributed by atoms with E-state index in [9.17, 15) is 4.79 Å². The lowest BCUT2D eigenvalue weighted by Crippen LogP contribution is -2.28. The number of methoxy groups -OCH3 is 1. The minimum absolute atomic E-state index is 0. The molecule has 1 aliphatic rings. The predicted molar refractivity (Wildman–Crippen MR) is 69.6 cm³/mol. The number of hydrogen-bond acceptors (Lipinski definition) is 3. The summed E-state index contributed by atoms with van der Waals surface area (Å²) >= 11 is 0. The molecule has 2 rings (SSSR count). The van der Waals surface area contributed by atoms with Crippen LogP contribution < -0.4 is 5.32 Å². The fourth-order valence-electron chi connectivity index (χ4n) is 2.21. The number of rotatable bonds is 2. The van der Waals surface area contributed by atoms with Crippen LogP contribution in [0.1, 0.15) is 41.2 Å². The van der Waals surface area contributed by atoms with E-state index in [4.69, 9.17) is 4.74 Å². The molecular formula is C13H18ClNO2. The third-order valence-electron chi connectivity index (χ3n) is 3.05. The molecule has 0 radical (unpaired) electrons. The molecule has 1 aliphatic heterocycles. The summed E-state index contributed by atoms with van der Waals surface area (Å²) in [5, 5.41) is 3.45. The molecule has 94 valence electrons. The molecule has 1 aromatic carbocycles. The quantitative estimate of drug-likeness (QED) is 0.826. The molecule has 4 heteroatoms. The van der Waals surface area contributed by atoms with Crippen LogP contribution in [0.2, 0.25) is 0 Å². The van der Waals surface area contributed by atoms with Gasteiger partial charge >= 0.3 is 5.97 Å². The van der Waals surface area contributed by atoms with E-state index in [2.05, 4.69) is 5.32 Å². The summed E-state index contributed by atoms with van der Waals surface area (Å²) in [4.78, 5) is 11.6. The normalized spacial score (nSPS) is 19.2. The van der Waals surface area contributed by atoms with Crippen LogP contribution in [0.3, 0.4) is 0 Å². The first-order valence-corrected chi connectivity index (χ1v) is 5.73. The zero-order valence-corrected chi connectivity index (χ0v) is 10.8. The SMILES string of the molecule is COC(=O)c1ccccc1[C@@H]1CCCCN1.Cl. The third-order valence-corrected chi connectivity index (χ3v) is 3.05. The Morgan fingerprint density at radius 3 is 2.76 bits per heavy atom. The zero-order valence-electron chi connectivity index (χ0n) is 9.94. The van der Waals surface area contributed by atoms with Crippen molar-refractivity contribution in [3.63, 3.8) is 0 Å². The monoisotopic (exact) mass is 255 g/mol. The molecule has 0 unspecified atom stereocenters. The molecule has 0 spiro atoms. The molecule has 1 aromatic rings. The second-order valence-electron chi connectivity index (χ2n) is 4.08. The van der Waals surface area contributed by atoms with Crippen molar-refractivity contribution in [2.24, 2.45) is 0 Å². The van der Waals surface area contributed by atoms with Crippen molar-refractivity contribution in [1.82, 2.24) is 5.32 Å². The molecule has 1 N–H and O–H groups in total. The summed E-state index contributed by atoms with van der Waals surface area (Å²) in [5.74, 6) is -0.247. The Morgan fingerprint density at radius 2 is 2.12 bits per heavy atom. The van der Waals surface area contributed by atoms with Gasteiger partial charge < -0.3 is 10.1 Å². The molecule has 0 aromatic heterocycles. The van der Waals surface area contributed by atoms with Crippen molar-refractivity contribution < 1.29 is 9.53 Å². The lowest BCUT2D eigenvalue weighted by Gasteiger charge is -2.25. The zero-order chi connectivity index (χ0) is 11.4. The Bertz CT molecular complexity index is 375. The number of carbonyl (C=O) groups excluding carboxylic acids is 1. The Balaban J connectivity index is 0.00000144. The molecule has 0 bridgehead atoms. The fourth-order valence-corrected chi connectivity index (χ4v) is 2.21. The summed E-state index contributed by atoms with van der Waals surface area (Å²) in [6, 6.07) is 7.98. The molecule has 0 aliphatic carbocycles. The average Bonchev–Trinajstić information content (AvgIpc) is 2.39. The van der Waals surface area contributed by atoms with Crippen molar-refractivity contribution in [3.05, 3.63) is 35.4 Å². The minimum Gasteiger partial charge on any atom is -0.465 e. The summed E-state index contributed by atoms with van der Waals surface area (Å²) in [7, 11) is 1.42. The van der Waals surface area contributed by atoms with E-state index in [0.29, 0.717) is 11.6 Å². The second kappa shape index (κ2) is 6.62. The van der Waals surface area contributed by atoms with Gasteiger partial charge in [-0.2, -0.15) is 0 Å². The number of esters is 1. The van der Waals surface area contributed by atoms with Gasteiger partial charge in [0, 0.05) is 6.04 Å². The highest BCUT2D eigenvalue weighted by Crippen LogP contribution is 2.26. The van der Waals surface area contributed by atoms with E-state index in [1.807, 2.05) is 24.3 Å². The van der Waals surface area contributed by atoms with Crippen molar-refractivity contribution >= 4 is 18.4 Å². The molecule has 0 amide bonds. The van der Waals surface area contributed by atoms with Crippen LogP contribution in [0.25, 0.3) is 0 Å². The molecule has 1 atom stereocenters. The first-order valence-electron chi connectivity index (χ1n) is 5.73. The van der Waals surface area contributed by atoms with Gasteiger partial charge in [0.1, 0.15) is 0 Å². The van der Waals surface area contributed by atoms with Gasteiger partial charge in [0.15, 0.2) is 0 Å². The topological polar surface area (TPSA) is 38.3 Å². The molecule has 1 saturated heterocycles. The first kappa shape index (κ1) is 14.0. The minimum atomic E-state index is -0.247. The molecular weight excluding hydrogens is 238 g/mol. The molecule has 17 heavy (non-hydrogen) atoms. The number of nitrogens with one attached hydrogen (secondary N) is 1. The van der Waals surface area contributed by atoms with Crippen LogP contribution >= 0.6 is 12.4 Å². The summed E-state index contributed by atoms with van der Waals surface area (Å²) < 4.78 is 4.80. The van der Waals surface area contributed by atoms with E-state index in [1.54, 1.807) is 0 Å². The third kappa shape index (κ3) is 3.20. The van der Waals surface area contributed by atoms with Crippen LogP contribution in [0.4, 0.5) is 0 Å². The molecule has 1 heterocycles. The second-order valence-corrected chi connectivity index (χ2v) is 4.08. The summed E-state index contributed by atoms with van der Waals surface area (Å²) in [6.07, 6.45) is 3.53. The highest BCUT2D eigenvalue weighted by Gasteiger charge is 2.20. The number of carbonyl (C=O) groups is 1. The maximum absolute atomic E-state index is 11.6. The van der Waals surface area contributed by atoms with Gasteiger partial charge in [0.2, 0.25) is 0 Å².